The SMILES string of the molecule is CCNC(=NCCCn1c(C)nc2ccccc21)NC1C2CCOC2C12CCC2.I. The Kier molecular flexibility index (Phi) is 6.58. The Morgan fingerprint density at radius 1 is 1.33 bits per heavy atom. The molecule has 3 atom stereocenters. The Labute approximate surface area is 196 Å². The Morgan fingerprint density at radius 3 is 2.93 bits per heavy atom. The minimum absolute atomic E-state index is 0. The summed E-state index contributed by atoms with van der Waals surface area (Å²) >= 11 is 0. The molecule has 3 fully saturated rings. The highest BCUT2D eigenvalue weighted by Crippen LogP contribution is 2.62. The van der Waals surface area contributed by atoms with Crippen LogP contribution >= 0.6 is 24.0 Å². The normalized spacial score (nSPS) is 26.6. The van der Waals surface area contributed by atoms with Crippen LogP contribution in [0.5, 0.6) is 0 Å². The van der Waals surface area contributed by atoms with Crippen molar-refractivity contribution >= 4 is 41.0 Å². The molecule has 1 aromatic heterocycles. The molecular formula is C23H34IN5O. The summed E-state index contributed by atoms with van der Waals surface area (Å²) in [7, 11) is 0. The quantitative estimate of drug-likeness (QED) is 0.261. The molecular weight excluding hydrogens is 489 g/mol. The lowest BCUT2D eigenvalue weighted by atomic mass is 9.46. The number of fused-ring (bicyclic) bond motifs is 3. The first-order valence-electron chi connectivity index (χ1n) is 11.3. The van der Waals surface area contributed by atoms with Crippen molar-refractivity contribution in [2.24, 2.45) is 16.3 Å². The van der Waals surface area contributed by atoms with E-state index in [0.29, 0.717) is 23.5 Å². The van der Waals surface area contributed by atoms with E-state index >= 15 is 0 Å². The van der Waals surface area contributed by atoms with Crippen LogP contribution in [-0.2, 0) is 11.3 Å². The van der Waals surface area contributed by atoms with E-state index in [4.69, 9.17) is 9.73 Å². The maximum absolute atomic E-state index is 6.06. The summed E-state index contributed by atoms with van der Waals surface area (Å²) in [6.45, 7) is 7.80. The molecule has 164 valence electrons. The molecule has 0 bridgehead atoms. The number of benzene rings is 1. The molecule has 2 aromatic rings. The highest BCUT2D eigenvalue weighted by molar-refractivity contribution is 14.0. The maximum Gasteiger partial charge on any atom is 0.191 e. The highest BCUT2D eigenvalue weighted by atomic mass is 127. The largest absolute Gasteiger partial charge is 0.377 e. The lowest BCUT2D eigenvalue weighted by Gasteiger charge is -2.63. The third kappa shape index (κ3) is 3.61. The third-order valence-corrected chi connectivity index (χ3v) is 7.33. The molecule has 1 spiro atoms. The first-order chi connectivity index (χ1) is 14.2. The Hall–Kier alpha value is -1.35. The number of aromatic nitrogens is 2. The molecule has 2 N–H and O–H groups in total. The summed E-state index contributed by atoms with van der Waals surface area (Å²) in [5, 5.41) is 7.25. The summed E-state index contributed by atoms with van der Waals surface area (Å²) in [4.78, 5) is 9.57. The summed E-state index contributed by atoms with van der Waals surface area (Å²) in [5.41, 5.74) is 2.67. The average molecular weight is 523 g/mol. The van der Waals surface area contributed by atoms with E-state index in [1.165, 1.54) is 31.2 Å². The second-order valence-electron chi connectivity index (χ2n) is 8.87. The monoisotopic (exact) mass is 523 g/mol. The number of nitrogens with zero attached hydrogens (tertiary/aromatic N) is 3. The van der Waals surface area contributed by atoms with Gasteiger partial charge in [0, 0.05) is 43.6 Å². The molecule has 3 unspecified atom stereocenters. The van der Waals surface area contributed by atoms with Gasteiger partial charge in [-0.3, -0.25) is 4.99 Å². The van der Waals surface area contributed by atoms with Crippen LogP contribution in [0.15, 0.2) is 29.3 Å². The van der Waals surface area contributed by atoms with Crippen molar-refractivity contribution in [3.8, 4) is 0 Å². The predicted molar refractivity (Wildman–Crippen MR) is 132 cm³/mol. The third-order valence-electron chi connectivity index (χ3n) is 7.33. The van der Waals surface area contributed by atoms with Gasteiger partial charge in [0.05, 0.1) is 17.1 Å². The van der Waals surface area contributed by atoms with Gasteiger partial charge in [-0.05, 0) is 51.7 Å². The molecule has 1 aliphatic heterocycles. The van der Waals surface area contributed by atoms with Crippen molar-refractivity contribution in [1.82, 2.24) is 20.2 Å². The minimum Gasteiger partial charge on any atom is -0.377 e. The Bertz CT molecular complexity index is 906. The number of guanidine groups is 1. The molecule has 1 saturated heterocycles. The van der Waals surface area contributed by atoms with Crippen LogP contribution in [0.4, 0.5) is 0 Å². The first kappa shape index (κ1) is 21.9. The van der Waals surface area contributed by atoms with E-state index in [-0.39, 0.29) is 24.0 Å². The standard InChI is InChI=1S/C23H33N5O.HI/c1-3-24-22(27-20-17-10-15-29-21(17)23(20)11-6-12-23)25-13-7-14-28-16(2)26-18-8-4-5-9-19(18)28;/h4-5,8-9,17,20-21H,3,6-7,10-15H2,1-2H3,(H2,24,25,27);1H. The van der Waals surface area contributed by atoms with Crippen molar-refractivity contribution in [3.05, 3.63) is 30.1 Å². The van der Waals surface area contributed by atoms with E-state index in [1.807, 2.05) is 6.07 Å². The van der Waals surface area contributed by atoms with Crippen LogP contribution in [0.1, 0.15) is 44.9 Å². The fraction of sp³-hybridized carbons (Fsp3) is 0.652. The molecule has 3 aliphatic rings. The second kappa shape index (κ2) is 9.02. The number of hydrogen-bond donors (Lipinski definition) is 2. The van der Waals surface area contributed by atoms with Gasteiger partial charge in [-0.15, -0.1) is 24.0 Å². The molecule has 7 heteroatoms. The molecule has 2 heterocycles. The van der Waals surface area contributed by atoms with Crippen LogP contribution in [-0.4, -0.2) is 47.4 Å². The van der Waals surface area contributed by atoms with Gasteiger partial charge in [0.1, 0.15) is 5.82 Å². The van der Waals surface area contributed by atoms with E-state index in [2.05, 4.69) is 52.2 Å². The highest BCUT2D eigenvalue weighted by Gasteiger charge is 2.66. The van der Waals surface area contributed by atoms with E-state index in [1.54, 1.807) is 0 Å². The molecule has 2 aliphatic carbocycles. The van der Waals surface area contributed by atoms with Crippen molar-refractivity contribution in [2.45, 2.75) is 64.6 Å². The van der Waals surface area contributed by atoms with Crippen molar-refractivity contribution in [3.63, 3.8) is 0 Å². The van der Waals surface area contributed by atoms with Crippen molar-refractivity contribution in [1.29, 1.82) is 0 Å². The fourth-order valence-electron chi connectivity index (χ4n) is 5.82. The second-order valence-corrected chi connectivity index (χ2v) is 8.87. The van der Waals surface area contributed by atoms with Gasteiger partial charge in [-0.1, -0.05) is 18.6 Å². The zero-order valence-corrected chi connectivity index (χ0v) is 20.4. The first-order valence-corrected chi connectivity index (χ1v) is 11.3. The number of halogens is 1. The Morgan fingerprint density at radius 2 is 2.17 bits per heavy atom. The van der Waals surface area contributed by atoms with Crippen molar-refractivity contribution in [2.75, 3.05) is 19.7 Å². The summed E-state index contributed by atoms with van der Waals surface area (Å²) in [6.07, 6.45) is 6.64. The maximum atomic E-state index is 6.06. The zero-order valence-electron chi connectivity index (χ0n) is 18.1. The Balaban J connectivity index is 0.00000218. The molecule has 0 radical (unpaired) electrons. The van der Waals surface area contributed by atoms with Gasteiger partial charge >= 0.3 is 0 Å². The number of aryl methyl sites for hydroxylation is 2. The van der Waals surface area contributed by atoms with Crippen LogP contribution in [0.25, 0.3) is 11.0 Å². The van der Waals surface area contributed by atoms with Gasteiger partial charge in [0.2, 0.25) is 0 Å². The molecule has 5 rings (SSSR count). The zero-order chi connectivity index (χ0) is 19.8. The van der Waals surface area contributed by atoms with E-state index in [0.717, 1.165) is 50.0 Å². The minimum atomic E-state index is 0. The fourth-order valence-corrected chi connectivity index (χ4v) is 5.82. The molecule has 30 heavy (non-hydrogen) atoms. The van der Waals surface area contributed by atoms with Gasteiger partial charge in [-0.25, -0.2) is 4.98 Å². The van der Waals surface area contributed by atoms with Crippen LogP contribution in [0.3, 0.4) is 0 Å². The van der Waals surface area contributed by atoms with Crippen molar-refractivity contribution < 1.29 is 4.74 Å². The van der Waals surface area contributed by atoms with Gasteiger partial charge in [0.15, 0.2) is 5.96 Å². The summed E-state index contributed by atoms with van der Waals surface area (Å²) < 4.78 is 8.37. The number of para-hydroxylation sites is 2. The molecule has 0 amide bonds. The van der Waals surface area contributed by atoms with Gasteiger partial charge in [0.25, 0.3) is 0 Å². The number of ether oxygens (including phenoxy) is 1. The van der Waals surface area contributed by atoms with Gasteiger partial charge in [-0.2, -0.15) is 0 Å². The topological polar surface area (TPSA) is 63.5 Å². The number of nitrogens with one attached hydrogen (secondary N) is 2. The number of hydrogen-bond acceptors (Lipinski definition) is 3. The molecule has 6 nitrogen and oxygen atoms in total. The van der Waals surface area contributed by atoms with E-state index in [9.17, 15) is 0 Å². The molecule has 2 saturated carbocycles. The predicted octanol–water partition coefficient (Wildman–Crippen LogP) is 3.87. The summed E-state index contributed by atoms with van der Waals surface area (Å²) in [5.74, 6) is 2.72. The summed E-state index contributed by atoms with van der Waals surface area (Å²) in [6, 6.07) is 8.90. The molecule has 1 aromatic carbocycles. The lowest BCUT2D eigenvalue weighted by molar-refractivity contribution is -0.171. The smallest absolute Gasteiger partial charge is 0.191 e. The number of rotatable bonds is 6. The van der Waals surface area contributed by atoms with E-state index < -0.39 is 0 Å². The number of imidazole rings is 1. The van der Waals surface area contributed by atoms with Crippen LogP contribution < -0.4 is 10.6 Å². The van der Waals surface area contributed by atoms with Crippen LogP contribution in [0, 0.1) is 18.3 Å². The van der Waals surface area contributed by atoms with Gasteiger partial charge < -0.3 is 19.9 Å². The number of aliphatic imine (C=N–C) groups is 1. The lowest BCUT2D eigenvalue weighted by Crippen LogP contribution is -2.72. The average Bonchev–Trinajstić information content (AvgIpc) is 3.23. The van der Waals surface area contributed by atoms with Crippen LogP contribution in [0.2, 0.25) is 0 Å².